The summed E-state index contributed by atoms with van der Waals surface area (Å²) in [6, 6.07) is 5.17. The summed E-state index contributed by atoms with van der Waals surface area (Å²) in [5.74, 6) is -0.421. The molecule has 17 heavy (non-hydrogen) atoms. The fourth-order valence-corrected chi connectivity index (χ4v) is 1.52. The van der Waals surface area contributed by atoms with Gasteiger partial charge in [-0.15, -0.1) is 13.2 Å². The Morgan fingerprint density at radius 3 is 2.35 bits per heavy atom. The quantitative estimate of drug-likeness (QED) is 0.859. The van der Waals surface area contributed by atoms with Gasteiger partial charge in [-0.1, -0.05) is 0 Å². The van der Waals surface area contributed by atoms with E-state index >= 15 is 0 Å². The molecule has 1 amide bonds. The van der Waals surface area contributed by atoms with Gasteiger partial charge in [0.05, 0.1) is 13.2 Å². The highest BCUT2D eigenvalue weighted by atomic mass is 19.4. The van der Waals surface area contributed by atoms with E-state index in [4.69, 9.17) is 0 Å². The first kappa shape index (κ1) is 11.7. The molecule has 0 spiro atoms. The van der Waals surface area contributed by atoms with Crippen LogP contribution >= 0.6 is 0 Å². The Morgan fingerprint density at radius 1 is 1.24 bits per heavy atom. The molecule has 92 valence electrons. The minimum Gasteiger partial charge on any atom is -0.406 e. The first-order valence-corrected chi connectivity index (χ1v) is 4.82. The van der Waals surface area contributed by atoms with Crippen LogP contribution in [0.1, 0.15) is 0 Å². The Labute approximate surface area is 95.0 Å². The van der Waals surface area contributed by atoms with Crippen LogP contribution in [-0.4, -0.2) is 25.5 Å². The van der Waals surface area contributed by atoms with E-state index < -0.39 is 6.36 Å². The Hall–Kier alpha value is -1.76. The minimum absolute atomic E-state index is 0.116. The third kappa shape index (κ3) is 2.88. The summed E-state index contributed by atoms with van der Waals surface area (Å²) in [6.07, 6.45) is -4.70. The van der Waals surface area contributed by atoms with Gasteiger partial charge < -0.3 is 4.74 Å². The molecule has 0 atom stereocenters. The third-order valence-electron chi connectivity index (χ3n) is 2.23. The number of hydrogen-bond donors (Lipinski definition) is 1. The third-order valence-corrected chi connectivity index (χ3v) is 2.23. The number of nitrogens with zero attached hydrogens (tertiary/aromatic N) is 1. The second kappa shape index (κ2) is 4.25. The number of benzene rings is 1. The summed E-state index contributed by atoms with van der Waals surface area (Å²) in [5, 5.41) is 2.84. The van der Waals surface area contributed by atoms with Crippen LogP contribution in [0.25, 0.3) is 0 Å². The van der Waals surface area contributed by atoms with Gasteiger partial charge in [0.25, 0.3) is 0 Å². The minimum atomic E-state index is -4.70. The molecule has 1 aromatic rings. The van der Waals surface area contributed by atoms with E-state index in [9.17, 15) is 18.0 Å². The molecule has 1 aliphatic heterocycles. The van der Waals surface area contributed by atoms with Crippen molar-refractivity contribution in [2.75, 3.05) is 18.1 Å². The molecular weight excluding hydrogens is 237 g/mol. The fourth-order valence-electron chi connectivity index (χ4n) is 1.52. The van der Waals surface area contributed by atoms with Crippen LogP contribution in [0.5, 0.6) is 5.75 Å². The van der Waals surface area contributed by atoms with Crippen molar-refractivity contribution < 1.29 is 22.7 Å². The predicted molar refractivity (Wildman–Crippen MR) is 53.5 cm³/mol. The van der Waals surface area contributed by atoms with Gasteiger partial charge in [-0.25, -0.2) is 0 Å². The first-order chi connectivity index (χ1) is 7.96. The monoisotopic (exact) mass is 246 g/mol. The fraction of sp³-hybridized carbons (Fsp3) is 0.300. The summed E-state index contributed by atoms with van der Waals surface area (Å²) >= 11 is 0. The molecule has 0 unspecified atom stereocenters. The zero-order valence-corrected chi connectivity index (χ0v) is 8.62. The number of hydrogen-bond acceptors (Lipinski definition) is 3. The SMILES string of the molecule is O=C1CNCN1c1ccc(OC(F)(F)F)cc1. The molecule has 1 aliphatic rings. The summed E-state index contributed by atoms with van der Waals surface area (Å²) in [4.78, 5) is 12.8. The zero-order chi connectivity index (χ0) is 12.5. The Morgan fingerprint density at radius 2 is 1.88 bits per heavy atom. The Bertz CT molecular complexity index is 417. The number of carbonyl (C=O) groups is 1. The molecule has 4 nitrogen and oxygen atoms in total. The molecule has 0 radical (unpaired) electrons. The number of halogens is 3. The second-order valence-electron chi connectivity index (χ2n) is 3.45. The van der Waals surface area contributed by atoms with Crippen LogP contribution in [0.3, 0.4) is 0 Å². The van der Waals surface area contributed by atoms with Crippen molar-refractivity contribution in [2.24, 2.45) is 0 Å². The molecule has 1 N–H and O–H groups in total. The molecule has 0 bridgehead atoms. The summed E-state index contributed by atoms with van der Waals surface area (Å²) in [6.45, 7) is 0.596. The van der Waals surface area contributed by atoms with Gasteiger partial charge in [0.1, 0.15) is 5.75 Å². The molecule has 0 saturated carbocycles. The highest BCUT2D eigenvalue weighted by Gasteiger charge is 2.31. The average Bonchev–Trinajstić information content (AvgIpc) is 2.63. The van der Waals surface area contributed by atoms with E-state index in [-0.39, 0.29) is 18.2 Å². The molecule has 1 saturated heterocycles. The highest BCUT2D eigenvalue weighted by Crippen LogP contribution is 2.25. The maximum atomic E-state index is 11.9. The molecular formula is C10H9F3N2O2. The molecule has 2 rings (SSSR count). The van der Waals surface area contributed by atoms with Crippen molar-refractivity contribution in [3.05, 3.63) is 24.3 Å². The molecule has 1 aromatic carbocycles. The number of anilines is 1. The summed E-state index contributed by atoms with van der Waals surface area (Å²) < 4.78 is 39.5. The average molecular weight is 246 g/mol. The van der Waals surface area contributed by atoms with Crippen LogP contribution < -0.4 is 15.0 Å². The first-order valence-electron chi connectivity index (χ1n) is 4.82. The molecule has 1 heterocycles. The molecule has 0 aliphatic carbocycles. The summed E-state index contributed by atoms with van der Waals surface area (Å²) in [7, 11) is 0. The second-order valence-corrected chi connectivity index (χ2v) is 3.45. The lowest BCUT2D eigenvalue weighted by Crippen LogP contribution is -2.25. The van der Waals surface area contributed by atoms with Crippen molar-refractivity contribution in [1.82, 2.24) is 5.32 Å². The van der Waals surface area contributed by atoms with E-state index in [0.717, 1.165) is 0 Å². The van der Waals surface area contributed by atoms with Gasteiger partial charge in [-0.2, -0.15) is 0 Å². The van der Waals surface area contributed by atoms with Gasteiger partial charge >= 0.3 is 6.36 Å². The highest BCUT2D eigenvalue weighted by molar-refractivity contribution is 5.96. The van der Waals surface area contributed by atoms with E-state index in [1.54, 1.807) is 0 Å². The van der Waals surface area contributed by atoms with E-state index in [1.807, 2.05) is 0 Å². The lowest BCUT2D eigenvalue weighted by atomic mass is 10.3. The number of alkyl halides is 3. The number of rotatable bonds is 2. The summed E-state index contributed by atoms with van der Waals surface area (Å²) in [5.41, 5.74) is 0.537. The number of amides is 1. The number of carbonyl (C=O) groups excluding carboxylic acids is 1. The predicted octanol–water partition coefficient (Wildman–Crippen LogP) is 1.48. The van der Waals surface area contributed by atoms with Crippen molar-refractivity contribution in [3.8, 4) is 5.75 Å². The van der Waals surface area contributed by atoms with E-state index in [2.05, 4.69) is 10.1 Å². The molecule has 0 aromatic heterocycles. The number of ether oxygens (including phenoxy) is 1. The van der Waals surface area contributed by atoms with Crippen LogP contribution in [-0.2, 0) is 4.79 Å². The van der Waals surface area contributed by atoms with Gasteiger partial charge in [0.15, 0.2) is 0 Å². The lowest BCUT2D eigenvalue weighted by Gasteiger charge is -2.15. The molecule has 1 fully saturated rings. The van der Waals surface area contributed by atoms with Gasteiger partial charge in [-0.3, -0.25) is 15.0 Å². The van der Waals surface area contributed by atoms with E-state index in [0.29, 0.717) is 12.4 Å². The van der Waals surface area contributed by atoms with Gasteiger partial charge in [0.2, 0.25) is 5.91 Å². The van der Waals surface area contributed by atoms with Crippen LogP contribution in [0, 0.1) is 0 Å². The number of nitrogens with one attached hydrogen (secondary N) is 1. The standard InChI is InChI=1S/C10H9F3N2O2/c11-10(12,13)17-8-3-1-7(2-4-8)15-6-14-5-9(15)16/h1-4,14H,5-6H2. The van der Waals surface area contributed by atoms with Gasteiger partial charge in [-0.05, 0) is 24.3 Å². The van der Waals surface area contributed by atoms with Crippen LogP contribution in [0.4, 0.5) is 18.9 Å². The Balaban J connectivity index is 2.10. The van der Waals surface area contributed by atoms with E-state index in [1.165, 1.54) is 29.2 Å². The zero-order valence-electron chi connectivity index (χ0n) is 8.62. The maximum absolute atomic E-state index is 11.9. The smallest absolute Gasteiger partial charge is 0.406 e. The van der Waals surface area contributed by atoms with Crippen molar-refractivity contribution in [1.29, 1.82) is 0 Å². The van der Waals surface area contributed by atoms with Crippen LogP contribution in [0.15, 0.2) is 24.3 Å². The molecule has 7 heteroatoms. The Kier molecular flexibility index (Phi) is 2.93. The largest absolute Gasteiger partial charge is 0.573 e. The normalized spacial score (nSPS) is 16.4. The lowest BCUT2D eigenvalue weighted by molar-refractivity contribution is -0.274. The van der Waals surface area contributed by atoms with Gasteiger partial charge in [0, 0.05) is 5.69 Å². The van der Waals surface area contributed by atoms with Crippen molar-refractivity contribution in [3.63, 3.8) is 0 Å². The van der Waals surface area contributed by atoms with Crippen molar-refractivity contribution >= 4 is 11.6 Å². The van der Waals surface area contributed by atoms with Crippen LogP contribution in [0.2, 0.25) is 0 Å². The topological polar surface area (TPSA) is 41.6 Å². The van der Waals surface area contributed by atoms with Crippen molar-refractivity contribution in [2.45, 2.75) is 6.36 Å². The maximum Gasteiger partial charge on any atom is 0.573 e.